The van der Waals surface area contributed by atoms with E-state index in [2.05, 4.69) is 10.4 Å². The van der Waals surface area contributed by atoms with Gasteiger partial charge in [-0.15, -0.1) is 0 Å². The molecule has 0 amide bonds. The summed E-state index contributed by atoms with van der Waals surface area (Å²) in [5, 5.41) is 8.32. The van der Waals surface area contributed by atoms with Gasteiger partial charge in [-0.05, 0) is 29.8 Å². The number of ether oxygens (including phenoxy) is 3. The Morgan fingerprint density at radius 2 is 1.93 bits per heavy atom. The van der Waals surface area contributed by atoms with Crippen LogP contribution in [0.2, 0.25) is 5.02 Å². The van der Waals surface area contributed by atoms with E-state index < -0.39 is 12.2 Å². The lowest BCUT2D eigenvalue weighted by Crippen LogP contribution is -2.11. The van der Waals surface area contributed by atoms with Crippen LogP contribution in [0.5, 0.6) is 11.5 Å². The molecule has 1 aliphatic heterocycles. The molecule has 0 saturated heterocycles. The number of nitrogens with one attached hydrogen (secondary N) is 1. The van der Waals surface area contributed by atoms with E-state index in [1.807, 2.05) is 36.5 Å². The van der Waals surface area contributed by atoms with Crippen molar-refractivity contribution in [2.45, 2.75) is 12.8 Å². The monoisotopic (exact) mass is 399 g/mol. The van der Waals surface area contributed by atoms with Gasteiger partial charge in [0.1, 0.15) is 5.56 Å². The summed E-state index contributed by atoms with van der Waals surface area (Å²) >= 11 is 5.92. The van der Waals surface area contributed by atoms with Crippen LogP contribution in [0.25, 0.3) is 0 Å². The molecule has 1 atom stereocenters. The molecule has 1 N–H and O–H groups in total. The molecule has 0 unspecified atom stereocenters. The molecule has 0 spiro atoms. The van der Waals surface area contributed by atoms with Crippen LogP contribution in [0.4, 0.5) is 5.82 Å². The SMILES string of the molecule is COc1ccc2c(c1OC)C(=O)O[C@H]2Nc1ccn(Cc2ccc(Cl)cc2)n1. The van der Waals surface area contributed by atoms with E-state index >= 15 is 0 Å². The third-order valence-corrected chi connectivity index (χ3v) is 4.72. The second-order valence-corrected chi connectivity index (χ2v) is 6.66. The second-order valence-electron chi connectivity index (χ2n) is 6.22. The maximum absolute atomic E-state index is 12.4. The van der Waals surface area contributed by atoms with Gasteiger partial charge in [0.2, 0.25) is 6.23 Å². The number of nitrogens with zero attached hydrogens (tertiary/aromatic N) is 2. The maximum Gasteiger partial charge on any atom is 0.344 e. The number of cyclic esters (lactones) is 1. The highest BCUT2D eigenvalue weighted by molar-refractivity contribution is 6.30. The summed E-state index contributed by atoms with van der Waals surface area (Å²) in [5.41, 5.74) is 2.11. The molecular weight excluding hydrogens is 382 g/mol. The Labute approximate surface area is 166 Å². The van der Waals surface area contributed by atoms with Crippen LogP contribution < -0.4 is 14.8 Å². The van der Waals surface area contributed by atoms with Gasteiger partial charge in [-0.25, -0.2) is 4.79 Å². The van der Waals surface area contributed by atoms with E-state index in [-0.39, 0.29) is 0 Å². The zero-order chi connectivity index (χ0) is 19.7. The zero-order valence-electron chi connectivity index (χ0n) is 15.3. The molecule has 2 heterocycles. The van der Waals surface area contributed by atoms with Gasteiger partial charge in [0.15, 0.2) is 17.3 Å². The van der Waals surface area contributed by atoms with E-state index in [9.17, 15) is 4.79 Å². The molecule has 0 saturated carbocycles. The first-order valence-corrected chi connectivity index (χ1v) is 8.97. The fourth-order valence-corrected chi connectivity index (χ4v) is 3.27. The first-order valence-electron chi connectivity index (χ1n) is 8.59. The van der Waals surface area contributed by atoms with E-state index in [1.165, 1.54) is 14.2 Å². The highest BCUT2D eigenvalue weighted by Gasteiger charge is 2.36. The summed E-state index contributed by atoms with van der Waals surface area (Å²) in [4.78, 5) is 12.4. The summed E-state index contributed by atoms with van der Waals surface area (Å²) < 4.78 is 17.9. The normalized spacial score (nSPS) is 15.1. The lowest BCUT2D eigenvalue weighted by Gasteiger charge is -2.13. The molecule has 2 aromatic carbocycles. The van der Waals surface area contributed by atoms with Gasteiger partial charge in [-0.3, -0.25) is 4.68 Å². The van der Waals surface area contributed by atoms with Gasteiger partial charge < -0.3 is 19.5 Å². The van der Waals surface area contributed by atoms with Crippen molar-refractivity contribution in [3.05, 3.63) is 70.4 Å². The van der Waals surface area contributed by atoms with Crippen molar-refractivity contribution in [2.75, 3.05) is 19.5 Å². The van der Waals surface area contributed by atoms with E-state index in [4.69, 9.17) is 25.8 Å². The Balaban J connectivity index is 1.53. The fraction of sp³-hybridized carbons (Fsp3) is 0.200. The summed E-state index contributed by atoms with van der Waals surface area (Å²) in [6.07, 6.45) is 1.20. The Kier molecular flexibility index (Phi) is 4.83. The molecule has 0 aliphatic carbocycles. The first kappa shape index (κ1) is 18.2. The van der Waals surface area contributed by atoms with Crippen LogP contribution >= 0.6 is 11.6 Å². The van der Waals surface area contributed by atoms with Gasteiger partial charge >= 0.3 is 5.97 Å². The van der Waals surface area contributed by atoms with Gasteiger partial charge in [0, 0.05) is 22.8 Å². The molecule has 0 radical (unpaired) electrons. The van der Waals surface area contributed by atoms with Gasteiger partial charge in [-0.1, -0.05) is 23.7 Å². The number of esters is 1. The van der Waals surface area contributed by atoms with Crippen LogP contribution in [0.1, 0.15) is 27.7 Å². The maximum atomic E-state index is 12.4. The molecule has 28 heavy (non-hydrogen) atoms. The van der Waals surface area contributed by atoms with Crippen LogP contribution in [-0.4, -0.2) is 30.0 Å². The summed E-state index contributed by atoms with van der Waals surface area (Å²) in [7, 11) is 3.01. The predicted molar refractivity (Wildman–Crippen MR) is 104 cm³/mol. The molecular formula is C20H18ClN3O4. The van der Waals surface area contributed by atoms with Gasteiger partial charge in [-0.2, -0.15) is 5.10 Å². The third kappa shape index (κ3) is 3.36. The molecule has 0 bridgehead atoms. The van der Waals surface area contributed by atoms with Crippen molar-refractivity contribution in [3.63, 3.8) is 0 Å². The average Bonchev–Trinajstić information content (AvgIpc) is 3.27. The second kappa shape index (κ2) is 7.44. The Morgan fingerprint density at radius 3 is 2.64 bits per heavy atom. The number of hydrogen-bond donors (Lipinski definition) is 1. The molecule has 8 heteroatoms. The molecule has 0 fully saturated rings. The minimum absolute atomic E-state index is 0.361. The molecule has 1 aliphatic rings. The minimum Gasteiger partial charge on any atom is -0.493 e. The molecule has 144 valence electrons. The molecule has 7 nitrogen and oxygen atoms in total. The number of carbonyl (C=O) groups is 1. The standard InChI is InChI=1S/C20H18ClN3O4/c1-26-15-8-7-14-17(18(15)27-2)20(25)28-19(14)22-16-9-10-24(23-16)11-12-3-5-13(21)6-4-12/h3-10,19H,11H2,1-2H3,(H,22,23)/t19-/m1/s1. The molecule has 1 aromatic heterocycles. The Morgan fingerprint density at radius 1 is 1.14 bits per heavy atom. The number of halogens is 1. The Bertz CT molecular complexity index is 1020. The van der Waals surface area contributed by atoms with E-state index in [1.54, 1.807) is 16.8 Å². The number of aromatic nitrogens is 2. The number of benzene rings is 2. The van der Waals surface area contributed by atoms with Crippen molar-refractivity contribution >= 4 is 23.4 Å². The lowest BCUT2D eigenvalue weighted by molar-refractivity contribution is 0.0434. The number of fused-ring (bicyclic) bond motifs is 1. The van der Waals surface area contributed by atoms with Crippen LogP contribution in [0.15, 0.2) is 48.7 Å². The number of carbonyl (C=O) groups excluding carboxylic acids is 1. The zero-order valence-corrected chi connectivity index (χ0v) is 16.1. The third-order valence-electron chi connectivity index (χ3n) is 4.47. The van der Waals surface area contributed by atoms with E-state index in [0.717, 1.165) is 5.56 Å². The van der Waals surface area contributed by atoms with Crippen molar-refractivity contribution in [1.82, 2.24) is 9.78 Å². The summed E-state index contributed by atoms with van der Waals surface area (Å²) in [5.74, 6) is 0.965. The Hall–Kier alpha value is -3.19. The minimum atomic E-state index is -0.652. The number of hydrogen-bond acceptors (Lipinski definition) is 6. The summed E-state index contributed by atoms with van der Waals surface area (Å²) in [6, 6.07) is 12.9. The fourth-order valence-electron chi connectivity index (χ4n) is 3.15. The highest BCUT2D eigenvalue weighted by Crippen LogP contribution is 2.41. The number of anilines is 1. The topological polar surface area (TPSA) is 74.6 Å². The van der Waals surface area contributed by atoms with Crippen molar-refractivity contribution < 1.29 is 19.0 Å². The van der Waals surface area contributed by atoms with Crippen molar-refractivity contribution in [1.29, 1.82) is 0 Å². The van der Waals surface area contributed by atoms with Crippen molar-refractivity contribution in [3.8, 4) is 11.5 Å². The number of rotatable bonds is 6. The molecule has 4 rings (SSSR count). The van der Waals surface area contributed by atoms with E-state index in [0.29, 0.717) is 40.0 Å². The van der Waals surface area contributed by atoms with Crippen LogP contribution in [-0.2, 0) is 11.3 Å². The van der Waals surface area contributed by atoms with Crippen molar-refractivity contribution in [2.24, 2.45) is 0 Å². The predicted octanol–water partition coefficient (Wildman–Crippen LogP) is 3.88. The average molecular weight is 400 g/mol. The molecule has 3 aromatic rings. The van der Waals surface area contributed by atoms with Crippen LogP contribution in [0, 0.1) is 0 Å². The highest BCUT2D eigenvalue weighted by atomic mass is 35.5. The largest absolute Gasteiger partial charge is 0.493 e. The smallest absolute Gasteiger partial charge is 0.344 e. The van der Waals surface area contributed by atoms with Crippen LogP contribution in [0.3, 0.4) is 0 Å². The van der Waals surface area contributed by atoms with Gasteiger partial charge in [0.25, 0.3) is 0 Å². The lowest BCUT2D eigenvalue weighted by atomic mass is 10.1. The first-order chi connectivity index (χ1) is 13.6. The van der Waals surface area contributed by atoms with Gasteiger partial charge in [0.05, 0.1) is 20.8 Å². The number of methoxy groups -OCH3 is 2. The summed E-state index contributed by atoms with van der Waals surface area (Å²) in [6.45, 7) is 0.602. The quantitative estimate of drug-likeness (QED) is 0.634.